The van der Waals surface area contributed by atoms with Crippen LogP contribution in [0.5, 0.6) is 0 Å². The molecule has 0 atom stereocenters. The average Bonchev–Trinajstić information content (AvgIpc) is 2.57. The van der Waals surface area contributed by atoms with E-state index >= 15 is 0 Å². The Kier molecular flexibility index (Phi) is 7.84. The maximum Gasteiger partial charge on any atom is 0.303 e. The van der Waals surface area contributed by atoms with Gasteiger partial charge < -0.3 is 29.9 Å². The lowest BCUT2D eigenvalue weighted by atomic mass is 10.2. The van der Waals surface area contributed by atoms with Gasteiger partial charge in [0.05, 0.1) is 34.0 Å². The summed E-state index contributed by atoms with van der Waals surface area (Å²) in [4.78, 5) is 44.2. The minimum absolute atomic E-state index is 0.263. The monoisotopic (exact) mass is 405 g/mol. The largest absolute Gasteiger partial charge is 0.545 e. The Labute approximate surface area is 154 Å². The first-order chi connectivity index (χ1) is 12.5. The highest BCUT2D eigenvalue weighted by atomic mass is 32.2. The Morgan fingerprint density at radius 3 is 2.19 bits per heavy atom. The Bertz CT molecular complexity index is 810. The number of hydrogen-bond acceptors (Lipinski definition) is 9. The zero-order chi connectivity index (χ0) is 20.7. The molecular formula is C15H10F3NO7S-2. The van der Waals surface area contributed by atoms with Crippen LogP contribution in [0.25, 0.3) is 0 Å². The first kappa shape index (κ1) is 22.0. The smallest absolute Gasteiger partial charge is 0.303 e. The number of benzene rings is 1. The predicted octanol–water partition coefficient (Wildman–Crippen LogP) is -0.907. The third kappa shape index (κ3) is 6.33. The third-order valence-electron chi connectivity index (χ3n) is 2.73. The van der Waals surface area contributed by atoms with Gasteiger partial charge >= 0.3 is 5.97 Å². The Hall–Kier alpha value is -3.02. The van der Waals surface area contributed by atoms with E-state index in [1.165, 1.54) is 0 Å². The molecule has 0 saturated heterocycles. The van der Waals surface area contributed by atoms with E-state index in [0.29, 0.717) is 12.1 Å². The van der Waals surface area contributed by atoms with Gasteiger partial charge in [0.25, 0.3) is 0 Å². The maximum atomic E-state index is 13.7. The van der Waals surface area contributed by atoms with Gasteiger partial charge in [-0.3, -0.25) is 9.59 Å². The molecule has 8 nitrogen and oxygen atoms in total. The van der Waals surface area contributed by atoms with E-state index < -0.39 is 69.8 Å². The van der Waals surface area contributed by atoms with Crippen molar-refractivity contribution in [1.29, 1.82) is 0 Å². The number of hydrogen-bond donors (Lipinski definition) is 1. The molecule has 1 aromatic rings. The van der Waals surface area contributed by atoms with Crippen LogP contribution < -0.4 is 15.5 Å². The lowest BCUT2D eigenvalue weighted by Gasteiger charge is -2.18. The molecule has 0 fully saturated rings. The van der Waals surface area contributed by atoms with Crippen molar-refractivity contribution in [2.45, 2.75) is 6.92 Å². The molecule has 1 N–H and O–H groups in total. The van der Waals surface area contributed by atoms with Crippen LogP contribution in [-0.2, 0) is 23.9 Å². The molecule has 0 aromatic heterocycles. The van der Waals surface area contributed by atoms with E-state index in [4.69, 9.17) is 0 Å². The summed E-state index contributed by atoms with van der Waals surface area (Å²) in [5.74, 6) is -11.8. The van der Waals surface area contributed by atoms with Gasteiger partial charge in [-0.25, -0.2) is 13.2 Å². The minimum Gasteiger partial charge on any atom is -0.545 e. The topological polar surface area (TPSA) is 136 Å². The van der Waals surface area contributed by atoms with Crippen LogP contribution in [0.15, 0.2) is 22.7 Å². The van der Waals surface area contributed by atoms with Gasteiger partial charge in [-0.15, -0.1) is 0 Å². The molecule has 1 rings (SSSR count). The van der Waals surface area contributed by atoms with E-state index in [1.54, 1.807) is 0 Å². The predicted molar refractivity (Wildman–Crippen MR) is 81.1 cm³/mol. The van der Waals surface area contributed by atoms with E-state index in [2.05, 4.69) is 4.74 Å². The molecule has 0 radical (unpaired) electrons. The molecule has 0 aliphatic heterocycles. The standard InChI is InChI=1S/C15H12F3NO7S/c1-6(20)26-4-7(21)5-27-13(10(14(22)23)15(24)25)19-9-3-2-8(16)11(17)12(9)18/h2-3,19H,4-5H2,1H3,(H,22,23)(H,24,25)/p-2. The van der Waals surface area contributed by atoms with Crippen LogP contribution >= 0.6 is 11.8 Å². The van der Waals surface area contributed by atoms with Crippen molar-refractivity contribution in [3.8, 4) is 0 Å². The first-order valence-electron chi connectivity index (χ1n) is 6.90. The summed E-state index contributed by atoms with van der Waals surface area (Å²) in [6.07, 6.45) is 0. The maximum absolute atomic E-state index is 13.7. The zero-order valence-corrected chi connectivity index (χ0v) is 14.3. The molecule has 12 heteroatoms. The Balaban J connectivity index is 3.17. The number of Topliss-reactive ketones (excluding diaryl/α,β-unsaturated/α-hetero) is 1. The number of carbonyl (C=O) groups is 4. The molecule has 0 unspecified atom stereocenters. The number of halogens is 3. The summed E-state index contributed by atoms with van der Waals surface area (Å²) < 4.78 is 44.4. The molecule has 27 heavy (non-hydrogen) atoms. The molecule has 0 bridgehead atoms. The van der Waals surface area contributed by atoms with Gasteiger partial charge in [0, 0.05) is 6.92 Å². The molecule has 0 heterocycles. The fraction of sp³-hybridized carbons (Fsp3) is 0.200. The van der Waals surface area contributed by atoms with Crippen LogP contribution in [0.3, 0.4) is 0 Å². The fourth-order valence-electron chi connectivity index (χ4n) is 1.56. The summed E-state index contributed by atoms with van der Waals surface area (Å²) in [6.45, 7) is 0.352. The number of thioether (sulfide) groups is 1. The zero-order valence-electron chi connectivity index (χ0n) is 13.5. The van der Waals surface area contributed by atoms with Crippen molar-refractivity contribution in [3.05, 3.63) is 40.2 Å². The van der Waals surface area contributed by atoms with Gasteiger partial charge in [-0.2, -0.15) is 0 Å². The van der Waals surface area contributed by atoms with Crippen LogP contribution in [0.2, 0.25) is 0 Å². The lowest BCUT2D eigenvalue weighted by molar-refractivity contribution is -0.312. The number of carboxylic acids is 2. The molecule has 0 aliphatic rings. The summed E-state index contributed by atoms with van der Waals surface area (Å²) in [5.41, 5.74) is -2.28. The lowest BCUT2D eigenvalue weighted by Crippen LogP contribution is -2.38. The second kappa shape index (κ2) is 9.62. The minimum atomic E-state index is -2.24. The summed E-state index contributed by atoms with van der Waals surface area (Å²) in [5, 5.41) is 23.1. The van der Waals surface area contributed by atoms with E-state index in [-0.39, 0.29) is 11.8 Å². The van der Waals surface area contributed by atoms with Crippen molar-refractivity contribution >= 4 is 41.1 Å². The Morgan fingerprint density at radius 2 is 1.67 bits per heavy atom. The molecule has 146 valence electrons. The van der Waals surface area contributed by atoms with Crippen LogP contribution in [0.1, 0.15) is 6.92 Å². The average molecular weight is 405 g/mol. The van der Waals surface area contributed by atoms with Crippen molar-refractivity contribution in [1.82, 2.24) is 0 Å². The van der Waals surface area contributed by atoms with Gasteiger partial charge in [-0.1, -0.05) is 11.8 Å². The third-order valence-corrected chi connectivity index (χ3v) is 3.79. The number of esters is 1. The van der Waals surface area contributed by atoms with Gasteiger partial charge in [-0.05, 0) is 12.1 Å². The van der Waals surface area contributed by atoms with Crippen LogP contribution in [-0.4, -0.2) is 36.1 Å². The highest BCUT2D eigenvalue weighted by Crippen LogP contribution is 2.27. The second-order valence-corrected chi connectivity index (χ2v) is 5.72. The number of rotatable bonds is 9. The number of ketones is 1. The van der Waals surface area contributed by atoms with Gasteiger partial charge in [0.2, 0.25) is 0 Å². The highest BCUT2D eigenvalue weighted by molar-refractivity contribution is 8.03. The normalized spacial score (nSPS) is 10.1. The quantitative estimate of drug-likeness (QED) is 0.182. The number of carboxylic acid groups (broad SMARTS) is 2. The number of aliphatic carboxylic acids is 2. The van der Waals surface area contributed by atoms with Crippen molar-refractivity contribution in [2.24, 2.45) is 0 Å². The van der Waals surface area contributed by atoms with Gasteiger partial charge in [0.15, 0.2) is 29.8 Å². The molecule has 0 spiro atoms. The number of carbonyl (C=O) groups excluding carboxylic acids is 4. The highest BCUT2D eigenvalue weighted by Gasteiger charge is 2.18. The molecule has 0 saturated carbocycles. The SMILES string of the molecule is CC(=O)OCC(=O)CSC(Nc1ccc(F)c(F)c1F)=C(C(=O)[O-])C(=O)[O-]. The molecule has 0 aliphatic carbocycles. The number of anilines is 1. The number of ether oxygens (including phenoxy) is 1. The summed E-state index contributed by atoms with van der Waals surface area (Å²) >= 11 is 0.263. The van der Waals surface area contributed by atoms with Gasteiger partial charge in [0.1, 0.15) is 0 Å². The molecular weight excluding hydrogens is 395 g/mol. The summed E-state index contributed by atoms with van der Waals surface area (Å²) in [7, 11) is 0. The molecule has 0 amide bonds. The first-order valence-corrected chi connectivity index (χ1v) is 7.88. The van der Waals surface area contributed by atoms with Crippen molar-refractivity contribution in [3.63, 3.8) is 0 Å². The van der Waals surface area contributed by atoms with Crippen molar-refractivity contribution < 1.29 is 47.3 Å². The summed E-state index contributed by atoms with van der Waals surface area (Å²) in [6, 6.07) is 1.18. The second-order valence-electron chi connectivity index (χ2n) is 4.73. The van der Waals surface area contributed by atoms with E-state index in [9.17, 15) is 42.6 Å². The molecule has 1 aromatic carbocycles. The fourth-order valence-corrected chi connectivity index (χ4v) is 2.44. The van der Waals surface area contributed by atoms with E-state index in [0.717, 1.165) is 6.92 Å². The van der Waals surface area contributed by atoms with Crippen LogP contribution in [0, 0.1) is 17.5 Å². The van der Waals surface area contributed by atoms with E-state index in [1.807, 2.05) is 5.32 Å². The van der Waals surface area contributed by atoms with Crippen molar-refractivity contribution in [2.75, 3.05) is 17.7 Å². The Morgan fingerprint density at radius 1 is 1.07 bits per heavy atom. The number of nitrogens with one attached hydrogen (secondary N) is 1. The van der Waals surface area contributed by atoms with Crippen LogP contribution in [0.4, 0.5) is 18.9 Å².